The Kier molecular flexibility index (Phi) is 3.58. The summed E-state index contributed by atoms with van der Waals surface area (Å²) < 4.78 is 0. The zero-order valence-corrected chi connectivity index (χ0v) is 9.38. The number of carbonyl (C=O) groups is 1. The summed E-state index contributed by atoms with van der Waals surface area (Å²) in [6, 6.07) is 3.47. The fourth-order valence-electron chi connectivity index (χ4n) is 1.28. The van der Waals surface area contributed by atoms with Crippen LogP contribution < -0.4 is 0 Å². The molecule has 0 saturated heterocycles. The summed E-state index contributed by atoms with van der Waals surface area (Å²) in [6.07, 6.45) is 0.321. The van der Waals surface area contributed by atoms with Crippen molar-refractivity contribution < 1.29 is 15.0 Å². The molecule has 1 aromatic rings. The molecule has 0 bridgehead atoms. The van der Waals surface area contributed by atoms with Crippen LogP contribution in [-0.4, -0.2) is 16.2 Å². The Morgan fingerprint density at radius 1 is 1.53 bits per heavy atom. The van der Waals surface area contributed by atoms with Gasteiger partial charge in [0.1, 0.15) is 5.75 Å². The van der Waals surface area contributed by atoms with Crippen LogP contribution in [0.2, 0.25) is 5.02 Å². The van der Waals surface area contributed by atoms with Crippen molar-refractivity contribution >= 4 is 17.6 Å². The van der Waals surface area contributed by atoms with E-state index in [2.05, 4.69) is 0 Å². The average Bonchev–Trinajstić information content (AvgIpc) is 2.18. The smallest absolute Gasteiger partial charge is 0.306 e. The number of aryl methyl sites for hydroxylation is 1. The van der Waals surface area contributed by atoms with Crippen molar-refractivity contribution in [2.45, 2.75) is 20.3 Å². The third-order valence-corrected chi connectivity index (χ3v) is 2.77. The molecule has 0 aliphatic carbocycles. The quantitative estimate of drug-likeness (QED) is 0.836. The van der Waals surface area contributed by atoms with Gasteiger partial charge in [0.15, 0.2) is 0 Å². The highest BCUT2D eigenvalue weighted by atomic mass is 35.5. The number of aromatic hydroxyl groups is 1. The molecular weight excluding hydrogens is 216 g/mol. The topological polar surface area (TPSA) is 57.5 Å². The normalized spacial score (nSPS) is 12.5. The maximum absolute atomic E-state index is 10.7. The lowest BCUT2D eigenvalue weighted by Gasteiger charge is -2.10. The van der Waals surface area contributed by atoms with E-state index in [-0.39, 0.29) is 10.8 Å². The molecule has 0 heterocycles. The predicted molar refractivity (Wildman–Crippen MR) is 58.4 cm³/mol. The first-order valence-electron chi connectivity index (χ1n) is 4.63. The molecule has 1 aromatic carbocycles. The van der Waals surface area contributed by atoms with Crippen LogP contribution in [0.5, 0.6) is 5.75 Å². The SMILES string of the molecule is Cc1ccc(CC(C)C(=O)O)c(Cl)c1O. The number of rotatable bonds is 3. The Labute approximate surface area is 93.3 Å². The standard InChI is InChI=1S/C11H13ClO3/c1-6-3-4-8(9(12)10(6)13)5-7(2)11(14)15/h3-4,7,13H,5H2,1-2H3,(H,14,15). The van der Waals surface area contributed by atoms with Gasteiger partial charge in [-0.25, -0.2) is 0 Å². The Hall–Kier alpha value is -1.22. The Balaban J connectivity index is 2.97. The molecule has 0 radical (unpaired) electrons. The van der Waals surface area contributed by atoms with Gasteiger partial charge in [-0.05, 0) is 24.5 Å². The molecule has 2 N–H and O–H groups in total. The molecule has 1 rings (SSSR count). The number of aliphatic carboxylic acids is 1. The third kappa shape index (κ3) is 2.63. The van der Waals surface area contributed by atoms with E-state index in [1.165, 1.54) is 0 Å². The maximum Gasteiger partial charge on any atom is 0.306 e. The summed E-state index contributed by atoms with van der Waals surface area (Å²) in [5.74, 6) is -1.34. The second-order valence-corrected chi connectivity index (χ2v) is 4.03. The summed E-state index contributed by atoms with van der Waals surface area (Å²) >= 11 is 5.90. The van der Waals surface area contributed by atoms with Gasteiger partial charge in [-0.1, -0.05) is 30.7 Å². The monoisotopic (exact) mass is 228 g/mol. The van der Waals surface area contributed by atoms with Gasteiger partial charge in [0.05, 0.1) is 10.9 Å². The minimum absolute atomic E-state index is 0.0340. The molecule has 1 unspecified atom stereocenters. The first-order valence-corrected chi connectivity index (χ1v) is 5.01. The molecule has 3 nitrogen and oxygen atoms in total. The summed E-state index contributed by atoms with van der Waals surface area (Å²) in [5.41, 5.74) is 1.35. The molecule has 4 heteroatoms. The van der Waals surface area contributed by atoms with Crippen LogP contribution in [0, 0.1) is 12.8 Å². The number of hydrogen-bond donors (Lipinski definition) is 2. The van der Waals surface area contributed by atoms with Crippen molar-refractivity contribution in [2.24, 2.45) is 5.92 Å². The van der Waals surface area contributed by atoms with Crippen LogP contribution in [0.4, 0.5) is 0 Å². The van der Waals surface area contributed by atoms with Gasteiger partial charge in [-0.2, -0.15) is 0 Å². The largest absolute Gasteiger partial charge is 0.506 e. The van der Waals surface area contributed by atoms with Crippen LogP contribution in [0.3, 0.4) is 0 Å². The molecule has 1 atom stereocenters. The zero-order valence-electron chi connectivity index (χ0n) is 8.62. The number of phenolic OH excluding ortho intramolecular Hbond substituents is 1. The third-order valence-electron chi connectivity index (χ3n) is 2.35. The number of carboxylic acids is 1. The van der Waals surface area contributed by atoms with Crippen molar-refractivity contribution in [1.29, 1.82) is 0 Å². The molecule has 0 fully saturated rings. The van der Waals surface area contributed by atoms with Gasteiger partial charge < -0.3 is 10.2 Å². The molecule has 0 amide bonds. The zero-order chi connectivity index (χ0) is 11.6. The number of phenols is 1. The van der Waals surface area contributed by atoms with E-state index in [9.17, 15) is 9.90 Å². The summed E-state index contributed by atoms with van der Waals surface area (Å²) in [7, 11) is 0. The van der Waals surface area contributed by atoms with Crippen molar-refractivity contribution in [2.75, 3.05) is 0 Å². The first kappa shape index (κ1) is 11.9. The number of benzene rings is 1. The molecule has 0 spiro atoms. The van der Waals surface area contributed by atoms with Crippen LogP contribution in [0.15, 0.2) is 12.1 Å². The van der Waals surface area contributed by atoms with Crippen molar-refractivity contribution in [3.05, 3.63) is 28.3 Å². The van der Waals surface area contributed by atoms with E-state index in [0.29, 0.717) is 17.5 Å². The minimum Gasteiger partial charge on any atom is -0.506 e. The molecule has 0 aliphatic rings. The average molecular weight is 229 g/mol. The summed E-state index contributed by atoms with van der Waals surface area (Å²) in [4.78, 5) is 10.7. The number of halogens is 1. The van der Waals surface area contributed by atoms with Gasteiger partial charge in [0, 0.05) is 0 Å². The second-order valence-electron chi connectivity index (χ2n) is 3.65. The molecule has 0 aliphatic heterocycles. The fraction of sp³-hybridized carbons (Fsp3) is 0.364. The van der Waals surface area contributed by atoms with E-state index in [4.69, 9.17) is 16.7 Å². The Bertz CT molecular complexity index is 388. The lowest BCUT2D eigenvalue weighted by molar-refractivity contribution is -0.141. The van der Waals surface area contributed by atoms with E-state index in [1.54, 1.807) is 26.0 Å². The van der Waals surface area contributed by atoms with Crippen molar-refractivity contribution in [3.8, 4) is 5.75 Å². The fourth-order valence-corrected chi connectivity index (χ4v) is 1.57. The van der Waals surface area contributed by atoms with Gasteiger partial charge >= 0.3 is 5.97 Å². The molecular formula is C11H13ClO3. The molecule has 15 heavy (non-hydrogen) atoms. The van der Waals surface area contributed by atoms with E-state index >= 15 is 0 Å². The Morgan fingerprint density at radius 2 is 2.13 bits per heavy atom. The van der Waals surface area contributed by atoms with Crippen molar-refractivity contribution in [1.82, 2.24) is 0 Å². The summed E-state index contributed by atoms with van der Waals surface area (Å²) in [6.45, 7) is 3.35. The molecule has 0 aromatic heterocycles. The second kappa shape index (κ2) is 4.53. The minimum atomic E-state index is -0.869. The Morgan fingerprint density at radius 3 is 2.67 bits per heavy atom. The van der Waals surface area contributed by atoms with Gasteiger partial charge in [0.2, 0.25) is 0 Å². The molecule has 0 saturated carbocycles. The van der Waals surface area contributed by atoms with Gasteiger partial charge in [-0.3, -0.25) is 4.79 Å². The van der Waals surface area contributed by atoms with Crippen LogP contribution in [-0.2, 0) is 11.2 Å². The van der Waals surface area contributed by atoms with Gasteiger partial charge in [-0.15, -0.1) is 0 Å². The van der Waals surface area contributed by atoms with Crippen LogP contribution in [0.1, 0.15) is 18.1 Å². The highest BCUT2D eigenvalue weighted by Crippen LogP contribution is 2.31. The lowest BCUT2D eigenvalue weighted by atomic mass is 10.00. The lowest BCUT2D eigenvalue weighted by Crippen LogP contribution is -2.12. The summed E-state index contributed by atoms with van der Waals surface area (Å²) in [5, 5.41) is 18.6. The number of carboxylic acid groups (broad SMARTS) is 1. The van der Waals surface area contributed by atoms with E-state index in [1.807, 2.05) is 0 Å². The number of hydrogen-bond acceptors (Lipinski definition) is 2. The van der Waals surface area contributed by atoms with E-state index in [0.717, 1.165) is 0 Å². The first-order chi connectivity index (χ1) is 6.93. The highest BCUT2D eigenvalue weighted by molar-refractivity contribution is 6.32. The van der Waals surface area contributed by atoms with Crippen molar-refractivity contribution in [3.63, 3.8) is 0 Å². The van der Waals surface area contributed by atoms with Gasteiger partial charge in [0.25, 0.3) is 0 Å². The highest BCUT2D eigenvalue weighted by Gasteiger charge is 2.15. The van der Waals surface area contributed by atoms with Crippen LogP contribution in [0.25, 0.3) is 0 Å². The maximum atomic E-state index is 10.7. The van der Waals surface area contributed by atoms with Crippen LogP contribution >= 0.6 is 11.6 Å². The molecule has 82 valence electrons. The van der Waals surface area contributed by atoms with E-state index < -0.39 is 11.9 Å². The predicted octanol–water partition coefficient (Wildman–Crippen LogP) is 2.62.